The number of hydrogen-bond acceptors (Lipinski definition) is 5. The van der Waals surface area contributed by atoms with Gasteiger partial charge in [0.25, 0.3) is 5.56 Å². The summed E-state index contributed by atoms with van der Waals surface area (Å²) < 4.78 is 10.4. The van der Waals surface area contributed by atoms with E-state index in [0.29, 0.717) is 36.6 Å². The quantitative estimate of drug-likeness (QED) is 0.442. The fraction of sp³-hybridized carbons (Fsp3) is 0.346. The molecule has 0 fully saturated rings. The highest BCUT2D eigenvalue weighted by molar-refractivity contribution is 5.78. The summed E-state index contributed by atoms with van der Waals surface area (Å²) in [5.74, 6) is 1.67. The summed E-state index contributed by atoms with van der Waals surface area (Å²) >= 11 is 0. The van der Waals surface area contributed by atoms with Crippen LogP contribution in [0.2, 0.25) is 0 Å². The minimum absolute atomic E-state index is 0.276. The maximum absolute atomic E-state index is 13.6. The molecule has 5 rings (SSSR count). The second-order valence-electron chi connectivity index (χ2n) is 8.97. The summed E-state index contributed by atoms with van der Waals surface area (Å²) in [7, 11) is 3.33. The van der Waals surface area contributed by atoms with Gasteiger partial charge in [0.15, 0.2) is 11.2 Å². The summed E-state index contributed by atoms with van der Waals surface area (Å²) in [5, 5.41) is 0. The Kier molecular flexibility index (Phi) is 5.73. The van der Waals surface area contributed by atoms with Crippen molar-refractivity contribution < 1.29 is 4.74 Å². The standard InChI is InChI=1S/C26H29N5O3/c1-18-16-30(20-13-7-8-14-21(20)34-3)25-27-23-22(31(25)17-18)24(32)29(26(33)28(23)2)15-9-12-19-10-5-4-6-11-19/h4-8,10-11,13-14,18H,9,12,15-17H2,1-3H3/t18-/m1/s1. The van der Waals surface area contributed by atoms with Gasteiger partial charge in [-0.15, -0.1) is 0 Å². The van der Waals surface area contributed by atoms with E-state index in [1.165, 1.54) is 14.7 Å². The van der Waals surface area contributed by atoms with Crippen molar-refractivity contribution in [2.24, 2.45) is 13.0 Å². The lowest BCUT2D eigenvalue weighted by atomic mass is 10.1. The number of aryl methyl sites for hydroxylation is 2. The van der Waals surface area contributed by atoms with Crippen molar-refractivity contribution in [2.75, 3.05) is 18.6 Å². The molecule has 0 saturated heterocycles. The van der Waals surface area contributed by atoms with E-state index in [1.54, 1.807) is 14.2 Å². The van der Waals surface area contributed by atoms with Crippen molar-refractivity contribution in [2.45, 2.75) is 32.9 Å². The normalized spacial score (nSPS) is 15.5. The molecule has 0 bridgehead atoms. The van der Waals surface area contributed by atoms with Crippen LogP contribution in [0.25, 0.3) is 11.2 Å². The highest BCUT2D eigenvalue weighted by atomic mass is 16.5. The topological polar surface area (TPSA) is 74.3 Å². The molecule has 1 aliphatic heterocycles. The van der Waals surface area contributed by atoms with Crippen LogP contribution in [0.1, 0.15) is 18.9 Å². The van der Waals surface area contributed by atoms with Gasteiger partial charge in [-0.05, 0) is 36.5 Å². The fourth-order valence-electron chi connectivity index (χ4n) is 4.84. The molecule has 0 spiro atoms. The average Bonchev–Trinajstić information content (AvgIpc) is 3.24. The van der Waals surface area contributed by atoms with Crippen LogP contribution in [0.4, 0.5) is 11.6 Å². The first kappa shape index (κ1) is 22.0. The second-order valence-corrected chi connectivity index (χ2v) is 8.97. The zero-order valence-electron chi connectivity index (χ0n) is 19.8. The Morgan fingerprint density at radius 1 is 1.03 bits per heavy atom. The number of para-hydroxylation sites is 2. The molecular formula is C26H29N5O3. The summed E-state index contributed by atoms with van der Waals surface area (Å²) in [6, 6.07) is 17.9. The molecule has 1 atom stereocenters. The number of nitrogens with zero attached hydrogens (tertiary/aromatic N) is 5. The Labute approximate surface area is 197 Å². The number of aromatic nitrogens is 4. The van der Waals surface area contributed by atoms with Gasteiger partial charge in [-0.3, -0.25) is 13.9 Å². The van der Waals surface area contributed by atoms with Crippen molar-refractivity contribution in [3.63, 3.8) is 0 Å². The molecule has 4 aromatic rings. The van der Waals surface area contributed by atoms with E-state index in [-0.39, 0.29) is 17.2 Å². The number of benzene rings is 2. The third-order valence-electron chi connectivity index (χ3n) is 6.51. The maximum atomic E-state index is 13.6. The molecule has 1 aliphatic rings. The first-order valence-corrected chi connectivity index (χ1v) is 11.6. The van der Waals surface area contributed by atoms with Crippen LogP contribution < -0.4 is 20.9 Å². The third kappa shape index (κ3) is 3.69. The minimum atomic E-state index is -0.335. The molecule has 3 heterocycles. The summed E-state index contributed by atoms with van der Waals surface area (Å²) in [6.45, 7) is 3.91. The number of rotatable bonds is 6. The molecule has 0 amide bonds. The third-order valence-corrected chi connectivity index (χ3v) is 6.51. The fourth-order valence-corrected chi connectivity index (χ4v) is 4.84. The second kappa shape index (κ2) is 8.85. The van der Waals surface area contributed by atoms with Gasteiger partial charge in [-0.25, -0.2) is 4.79 Å². The Morgan fingerprint density at radius 3 is 2.53 bits per heavy atom. The van der Waals surface area contributed by atoms with Crippen LogP contribution in [0, 0.1) is 5.92 Å². The number of imidazole rings is 1. The molecule has 8 heteroatoms. The Bertz CT molecular complexity index is 1450. The van der Waals surface area contributed by atoms with Crippen LogP contribution in [-0.4, -0.2) is 32.3 Å². The van der Waals surface area contributed by atoms with Gasteiger partial charge in [0, 0.05) is 26.7 Å². The Morgan fingerprint density at radius 2 is 1.76 bits per heavy atom. The lowest BCUT2D eigenvalue weighted by Gasteiger charge is -2.33. The number of anilines is 2. The smallest absolute Gasteiger partial charge is 0.332 e. The average molecular weight is 460 g/mol. The van der Waals surface area contributed by atoms with Crippen LogP contribution >= 0.6 is 0 Å². The first-order chi connectivity index (χ1) is 16.5. The van der Waals surface area contributed by atoms with Crippen LogP contribution in [-0.2, 0) is 26.6 Å². The molecule has 2 aromatic heterocycles. The van der Waals surface area contributed by atoms with Crippen LogP contribution in [0.5, 0.6) is 5.75 Å². The largest absolute Gasteiger partial charge is 0.495 e. The molecule has 0 saturated carbocycles. The van der Waals surface area contributed by atoms with Gasteiger partial charge < -0.3 is 14.2 Å². The Hall–Kier alpha value is -3.81. The molecule has 34 heavy (non-hydrogen) atoms. The molecule has 0 radical (unpaired) electrons. The first-order valence-electron chi connectivity index (χ1n) is 11.6. The predicted molar refractivity (Wildman–Crippen MR) is 133 cm³/mol. The molecule has 0 unspecified atom stereocenters. The number of ether oxygens (including phenoxy) is 1. The van der Waals surface area contributed by atoms with Crippen molar-refractivity contribution in [3.8, 4) is 5.75 Å². The van der Waals surface area contributed by atoms with Gasteiger partial charge in [-0.1, -0.05) is 49.4 Å². The van der Waals surface area contributed by atoms with E-state index in [1.807, 2.05) is 47.0 Å². The van der Waals surface area contributed by atoms with Crippen molar-refractivity contribution >= 4 is 22.8 Å². The number of methoxy groups -OCH3 is 1. The number of hydrogen-bond donors (Lipinski definition) is 0. The van der Waals surface area contributed by atoms with Crippen molar-refractivity contribution in [3.05, 3.63) is 81.0 Å². The SMILES string of the molecule is COc1ccccc1N1C[C@@H](C)Cn2c1nc1c2c(=O)n(CCCc2ccccc2)c(=O)n1C. The van der Waals surface area contributed by atoms with E-state index in [4.69, 9.17) is 9.72 Å². The minimum Gasteiger partial charge on any atom is -0.495 e. The zero-order valence-corrected chi connectivity index (χ0v) is 19.8. The van der Waals surface area contributed by atoms with Gasteiger partial charge in [0.05, 0.1) is 12.8 Å². The highest BCUT2D eigenvalue weighted by Crippen LogP contribution is 2.37. The van der Waals surface area contributed by atoms with E-state index < -0.39 is 0 Å². The zero-order chi connectivity index (χ0) is 23.8. The van der Waals surface area contributed by atoms with E-state index in [2.05, 4.69) is 24.0 Å². The molecule has 8 nitrogen and oxygen atoms in total. The van der Waals surface area contributed by atoms with Crippen molar-refractivity contribution in [1.29, 1.82) is 0 Å². The lowest BCUT2D eigenvalue weighted by Crippen LogP contribution is -2.40. The molecule has 2 aromatic carbocycles. The molecule has 0 N–H and O–H groups in total. The maximum Gasteiger partial charge on any atom is 0.332 e. The van der Waals surface area contributed by atoms with Crippen molar-refractivity contribution in [1.82, 2.24) is 18.7 Å². The summed E-state index contributed by atoms with van der Waals surface area (Å²) in [5.41, 5.74) is 2.36. The van der Waals surface area contributed by atoms with E-state index >= 15 is 0 Å². The molecular weight excluding hydrogens is 430 g/mol. The highest BCUT2D eigenvalue weighted by Gasteiger charge is 2.31. The van der Waals surface area contributed by atoms with Gasteiger partial charge in [0.1, 0.15) is 5.75 Å². The number of fused-ring (bicyclic) bond motifs is 3. The van der Waals surface area contributed by atoms with Gasteiger partial charge >= 0.3 is 5.69 Å². The lowest BCUT2D eigenvalue weighted by molar-refractivity contribution is 0.409. The monoisotopic (exact) mass is 459 g/mol. The van der Waals surface area contributed by atoms with E-state index in [9.17, 15) is 9.59 Å². The summed E-state index contributed by atoms with van der Waals surface area (Å²) in [6.07, 6.45) is 1.51. The Balaban J connectivity index is 1.60. The van der Waals surface area contributed by atoms with Crippen LogP contribution in [0.3, 0.4) is 0 Å². The predicted octanol–water partition coefficient (Wildman–Crippen LogP) is 3.33. The van der Waals surface area contributed by atoms with Gasteiger partial charge in [0.2, 0.25) is 5.95 Å². The van der Waals surface area contributed by atoms with Crippen LogP contribution in [0.15, 0.2) is 64.2 Å². The van der Waals surface area contributed by atoms with Gasteiger partial charge in [-0.2, -0.15) is 4.98 Å². The summed E-state index contributed by atoms with van der Waals surface area (Å²) in [4.78, 5) is 33.6. The molecule has 0 aliphatic carbocycles. The molecule has 176 valence electrons. The van der Waals surface area contributed by atoms with E-state index in [0.717, 1.165) is 24.4 Å².